The summed E-state index contributed by atoms with van der Waals surface area (Å²) in [5, 5.41) is 0. The van der Waals surface area contributed by atoms with Crippen LogP contribution in [-0.2, 0) is 16.2 Å². The highest BCUT2D eigenvalue weighted by Gasteiger charge is 2.16. The number of aromatic amines is 1. The fraction of sp³-hybridized carbons (Fsp3) is 0.583. The van der Waals surface area contributed by atoms with Gasteiger partial charge >= 0.3 is 11.7 Å². The number of ether oxygens (including phenoxy) is 2. The third kappa shape index (κ3) is 4.78. The molecule has 0 bridgehead atoms. The summed E-state index contributed by atoms with van der Waals surface area (Å²) in [5.74, 6) is -0.748. The fourth-order valence-electron chi connectivity index (χ4n) is 1.46. The highest BCUT2D eigenvalue weighted by molar-refractivity contribution is 6.76. The molecule has 0 atom stereocenters. The molecule has 8 heteroatoms. The minimum atomic E-state index is -1.22. The maximum absolute atomic E-state index is 11.7. The number of methoxy groups -OCH3 is 1. The Hall–Kier alpha value is -1.67. The molecule has 0 unspecified atom stereocenters. The van der Waals surface area contributed by atoms with Crippen molar-refractivity contribution >= 4 is 14.0 Å². The summed E-state index contributed by atoms with van der Waals surface area (Å²) in [6.45, 7) is 7.04. The van der Waals surface area contributed by atoms with Crippen molar-refractivity contribution in [2.75, 3.05) is 13.7 Å². The van der Waals surface area contributed by atoms with Crippen LogP contribution in [-0.4, -0.2) is 37.3 Å². The number of esters is 1. The molecule has 20 heavy (non-hydrogen) atoms. The standard InChI is InChI=1S/C12H20N2O5Si/c1-18-11(16)9-7-10(15)13-12(17)14(9)8-19-5-6-20(2,3)4/h7H,5-6,8H2,1-4H3,(H,13,15,17). The molecule has 0 saturated heterocycles. The van der Waals surface area contributed by atoms with Crippen LogP contribution in [0.15, 0.2) is 15.7 Å². The largest absolute Gasteiger partial charge is 0.464 e. The molecule has 1 aromatic heterocycles. The summed E-state index contributed by atoms with van der Waals surface area (Å²) in [7, 11) is -0.0371. The lowest BCUT2D eigenvalue weighted by atomic mass is 10.4. The number of hydrogen-bond donors (Lipinski definition) is 1. The van der Waals surface area contributed by atoms with Gasteiger partial charge in [-0.25, -0.2) is 9.59 Å². The van der Waals surface area contributed by atoms with Crippen LogP contribution < -0.4 is 11.2 Å². The first kappa shape index (κ1) is 16.4. The number of carbonyl (C=O) groups excluding carboxylic acids is 1. The summed E-state index contributed by atoms with van der Waals surface area (Å²) >= 11 is 0. The summed E-state index contributed by atoms with van der Waals surface area (Å²) in [4.78, 5) is 36.6. The second-order valence-electron chi connectivity index (χ2n) is 5.59. The number of H-pyrrole nitrogens is 1. The fourth-order valence-corrected chi connectivity index (χ4v) is 2.21. The quantitative estimate of drug-likeness (QED) is 0.473. The molecule has 1 N–H and O–H groups in total. The van der Waals surface area contributed by atoms with Gasteiger partial charge in [0.2, 0.25) is 0 Å². The Morgan fingerprint density at radius 3 is 2.55 bits per heavy atom. The number of hydrogen-bond acceptors (Lipinski definition) is 5. The van der Waals surface area contributed by atoms with E-state index in [4.69, 9.17) is 4.74 Å². The minimum absolute atomic E-state index is 0.0927. The maximum Gasteiger partial charge on any atom is 0.355 e. The van der Waals surface area contributed by atoms with Crippen molar-refractivity contribution in [3.63, 3.8) is 0 Å². The van der Waals surface area contributed by atoms with E-state index in [-0.39, 0.29) is 12.4 Å². The van der Waals surface area contributed by atoms with Crippen molar-refractivity contribution < 1.29 is 14.3 Å². The second kappa shape index (κ2) is 6.66. The molecule has 1 rings (SSSR count). The van der Waals surface area contributed by atoms with Crippen molar-refractivity contribution in [3.05, 3.63) is 32.6 Å². The lowest BCUT2D eigenvalue weighted by Gasteiger charge is -2.16. The first-order chi connectivity index (χ1) is 9.24. The van der Waals surface area contributed by atoms with Crippen LogP contribution in [0.25, 0.3) is 0 Å². The van der Waals surface area contributed by atoms with E-state index in [2.05, 4.69) is 29.4 Å². The van der Waals surface area contributed by atoms with Gasteiger partial charge in [-0.05, 0) is 6.04 Å². The van der Waals surface area contributed by atoms with Crippen LogP contribution >= 0.6 is 0 Å². The summed E-state index contributed by atoms with van der Waals surface area (Å²) in [5.41, 5.74) is -1.45. The Kier molecular flexibility index (Phi) is 5.46. The smallest absolute Gasteiger partial charge is 0.355 e. The van der Waals surface area contributed by atoms with Crippen molar-refractivity contribution in [2.24, 2.45) is 0 Å². The van der Waals surface area contributed by atoms with Gasteiger partial charge in [-0.2, -0.15) is 0 Å². The van der Waals surface area contributed by atoms with E-state index in [1.807, 2.05) is 0 Å². The Morgan fingerprint density at radius 1 is 1.35 bits per heavy atom. The molecule has 0 aromatic carbocycles. The molecule has 1 heterocycles. The summed E-state index contributed by atoms with van der Waals surface area (Å²) < 4.78 is 11.0. The Morgan fingerprint density at radius 2 is 2.00 bits per heavy atom. The number of aromatic nitrogens is 2. The van der Waals surface area contributed by atoms with E-state index >= 15 is 0 Å². The summed E-state index contributed by atoms with van der Waals surface area (Å²) in [6, 6.07) is 1.97. The molecule has 0 radical (unpaired) electrons. The van der Waals surface area contributed by atoms with Crippen LogP contribution in [0.5, 0.6) is 0 Å². The first-order valence-electron chi connectivity index (χ1n) is 6.25. The molecule has 0 fully saturated rings. The van der Waals surface area contributed by atoms with Gasteiger partial charge in [0.15, 0.2) is 0 Å². The molecule has 7 nitrogen and oxygen atoms in total. The Bertz CT molecular complexity index is 585. The van der Waals surface area contributed by atoms with Crippen LogP contribution in [0.3, 0.4) is 0 Å². The van der Waals surface area contributed by atoms with E-state index in [1.54, 1.807) is 0 Å². The van der Waals surface area contributed by atoms with Gasteiger partial charge < -0.3 is 9.47 Å². The predicted molar refractivity (Wildman–Crippen MR) is 76.8 cm³/mol. The van der Waals surface area contributed by atoms with E-state index in [0.717, 1.165) is 16.7 Å². The average molecular weight is 300 g/mol. The SMILES string of the molecule is COC(=O)c1cc(=O)[nH]c(=O)n1COCC[Si](C)(C)C. The maximum atomic E-state index is 11.7. The van der Waals surface area contributed by atoms with Crippen LogP contribution in [0.1, 0.15) is 10.5 Å². The lowest BCUT2D eigenvalue weighted by Crippen LogP contribution is -2.35. The van der Waals surface area contributed by atoms with Gasteiger partial charge in [-0.15, -0.1) is 0 Å². The van der Waals surface area contributed by atoms with Crippen LogP contribution in [0.4, 0.5) is 0 Å². The third-order valence-corrected chi connectivity index (χ3v) is 4.35. The molecule has 0 aliphatic heterocycles. The third-order valence-electron chi connectivity index (χ3n) is 2.65. The van der Waals surface area contributed by atoms with Gasteiger partial charge in [-0.1, -0.05) is 19.6 Å². The zero-order chi connectivity index (χ0) is 15.3. The van der Waals surface area contributed by atoms with Crippen molar-refractivity contribution in [1.29, 1.82) is 0 Å². The van der Waals surface area contributed by atoms with E-state index < -0.39 is 25.3 Å². The van der Waals surface area contributed by atoms with Crippen LogP contribution in [0, 0.1) is 0 Å². The normalized spacial score (nSPS) is 11.4. The first-order valence-corrected chi connectivity index (χ1v) is 9.95. The second-order valence-corrected chi connectivity index (χ2v) is 11.2. The highest BCUT2D eigenvalue weighted by Crippen LogP contribution is 2.07. The molecule has 1 aromatic rings. The number of carbonyl (C=O) groups is 1. The highest BCUT2D eigenvalue weighted by atomic mass is 28.3. The summed E-state index contributed by atoms with van der Waals surface area (Å²) in [6.07, 6.45) is 0. The molecule has 0 saturated carbocycles. The van der Waals surface area contributed by atoms with Crippen LogP contribution in [0.2, 0.25) is 25.7 Å². The predicted octanol–water partition coefficient (Wildman–Crippen LogP) is 0.635. The number of rotatable bonds is 6. The molecule has 0 amide bonds. The average Bonchev–Trinajstić information content (AvgIpc) is 2.33. The molecular weight excluding hydrogens is 280 g/mol. The van der Waals surface area contributed by atoms with E-state index in [9.17, 15) is 14.4 Å². The van der Waals surface area contributed by atoms with Gasteiger partial charge in [0.05, 0.1) is 7.11 Å². The topological polar surface area (TPSA) is 90.4 Å². The van der Waals surface area contributed by atoms with Gasteiger partial charge in [0, 0.05) is 20.7 Å². The van der Waals surface area contributed by atoms with Gasteiger partial charge in [0.1, 0.15) is 12.4 Å². The number of nitrogens with one attached hydrogen (secondary N) is 1. The molecule has 112 valence electrons. The monoisotopic (exact) mass is 300 g/mol. The van der Waals surface area contributed by atoms with E-state index in [1.165, 1.54) is 7.11 Å². The van der Waals surface area contributed by atoms with E-state index in [0.29, 0.717) is 6.61 Å². The van der Waals surface area contributed by atoms with Gasteiger partial charge in [-0.3, -0.25) is 14.3 Å². The Labute approximate surface area is 117 Å². The minimum Gasteiger partial charge on any atom is -0.464 e. The lowest BCUT2D eigenvalue weighted by molar-refractivity contribution is 0.0527. The van der Waals surface area contributed by atoms with Crippen molar-refractivity contribution in [1.82, 2.24) is 9.55 Å². The van der Waals surface area contributed by atoms with Gasteiger partial charge in [0.25, 0.3) is 5.56 Å². The van der Waals surface area contributed by atoms with Crippen molar-refractivity contribution in [2.45, 2.75) is 32.4 Å². The molecule has 0 aliphatic carbocycles. The molecule has 0 aliphatic rings. The Balaban J connectivity index is 2.86. The zero-order valence-electron chi connectivity index (χ0n) is 12.2. The molecular formula is C12H20N2O5Si. The van der Waals surface area contributed by atoms with Crippen molar-refractivity contribution in [3.8, 4) is 0 Å². The zero-order valence-corrected chi connectivity index (χ0v) is 13.2. The number of nitrogens with zero attached hydrogens (tertiary/aromatic N) is 1. The molecule has 0 spiro atoms.